The SMILES string of the molecule is COCCCNC(=O)CCc1cccc(Cl)c1. The number of benzene rings is 1. The number of methoxy groups -OCH3 is 1. The van der Waals surface area contributed by atoms with E-state index in [-0.39, 0.29) is 5.91 Å². The minimum absolute atomic E-state index is 0.0704. The molecule has 0 heterocycles. The van der Waals surface area contributed by atoms with Gasteiger partial charge >= 0.3 is 0 Å². The van der Waals surface area contributed by atoms with Crippen molar-refractivity contribution >= 4 is 17.5 Å². The molecule has 94 valence electrons. The highest BCUT2D eigenvalue weighted by Crippen LogP contribution is 2.11. The number of nitrogens with one attached hydrogen (secondary N) is 1. The lowest BCUT2D eigenvalue weighted by Crippen LogP contribution is -2.25. The summed E-state index contributed by atoms with van der Waals surface area (Å²) in [5.41, 5.74) is 1.09. The van der Waals surface area contributed by atoms with E-state index in [2.05, 4.69) is 5.32 Å². The van der Waals surface area contributed by atoms with Crippen molar-refractivity contribution in [2.45, 2.75) is 19.3 Å². The number of halogens is 1. The Morgan fingerprint density at radius 1 is 1.47 bits per heavy atom. The van der Waals surface area contributed by atoms with Crippen molar-refractivity contribution in [2.75, 3.05) is 20.3 Å². The van der Waals surface area contributed by atoms with Crippen LogP contribution in [0.25, 0.3) is 0 Å². The van der Waals surface area contributed by atoms with Gasteiger partial charge in [0.2, 0.25) is 5.91 Å². The average Bonchev–Trinajstić information content (AvgIpc) is 2.32. The standard InChI is InChI=1S/C13H18ClNO2/c1-17-9-3-8-15-13(16)7-6-11-4-2-5-12(14)10-11/h2,4-5,10H,3,6-9H2,1H3,(H,15,16). The number of rotatable bonds is 7. The van der Waals surface area contributed by atoms with Gasteiger partial charge in [0, 0.05) is 31.7 Å². The van der Waals surface area contributed by atoms with Crippen LogP contribution in [0.2, 0.25) is 5.02 Å². The number of aryl methyl sites for hydroxylation is 1. The predicted octanol–water partition coefficient (Wildman–Crippen LogP) is 2.43. The lowest BCUT2D eigenvalue weighted by Gasteiger charge is -2.05. The predicted molar refractivity (Wildman–Crippen MR) is 69.3 cm³/mol. The zero-order chi connectivity index (χ0) is 12.5. The van der Waals surface area contributed by atoms with Crippen LogP contribution in [-0.4, -0.2) is 26.2 Å². The first-order valence-electron chi connectivity index (χ1n) is 5.72. The van der Waals surface area contributed by atoms with Crippen LogP contribution < -0.4 is 5.32 Å². The van der Waals surface area contributed by atoms with Gasteiger partial charge in [-0.25, -0.2) is 0 Å². The summed E-state index contributed by atoms with van der Waals surface area (Å²) in [7, 11) is 1.65. The van der Waals surface area contributed by atoms with Crippen LogP contribution in [-0.2, 0) is 16.0 Å². The van der Waals surface area contributed by atoms with Gasteiger partial charge in [0.05, 0.1) is 0 Å². The number of carbonyl (C=O) groups excluding carboxylic acids is 1. The second-order valence-corrected chi connectivity index (χ2v) is 4.26. The fraction of sp³-hybridized carbons (Fsp3) is 0.462. The molecule has 0 aliphatic heterocycles. The van der Waals surface area contributed by atoms with E-state index in [1.165, 1.54) is 0 Å². The van der Waals surface area contributed by atoms with E-state index >= 15 is 0 Å². The Bertz CT molecular complexity index is 355. The Kier molecular flexibility index (Phi) is 6.67. The summed E-state index contributed by atoms with van der Waals surface area (Å²) in [6.07, 6.45) is 2.06. The molecule has 1 amide bonds. The van der Waals surface area contributed by atoms with Crippen LogP contribution in [0.5, 0.6) is 0 Å². The molecule has 0 radical (unpaired) electrons. The fourth-order valence-corrected chi connectivity index (χ4v) is 1.70. The minimum atomic E-state index is 0.0704. The summed E-state index contributed by atoms with van der Waals surface area (Å²) < 4.78 is 4.90. The highest BCUT2D eigenvalue weighted by molar-refractivity contribution is 6.30. The highest BCUT2D eigenvalue weighted by Gasteiger charge is 2.01. The van der Waals surface area contributed by atoms with Crippen molar-refractivity contribution in [1.82, 2.24) is 5.32 Å². The molecule has 4 heteroatoms. The Morgan fingerprint density at radius 2 is 2.29 bits per heavy atom. The first kappa shape index (κ1) is 14.0. The molecule has 0 aromatic heterocycles. The van der Waals surface area contributed by atoms with Crippen molar-refractivity contribution in [2.24, 2.45) is 0 Å². The largest absolute Gasteiger partial charge is 0.385 e. The van der Waals surface area contributed by atoms with Gasteiger partial charge in [0.1, 0.15) is 0 Å². The van der Waals surface area contributed by atoms with Gasteiger partial charge in [0.25, 0.3) is 0 Å². The van der Waals surface area contributed by atoms with Gasteiger partial charge < -0.3 is 10.1 Å². The number of carbonyl (C=O) groups is 1. The van der Waals surface area contributed by atoms with Gasteiger partial charge in [-0.15, -0.1) is 0 Å². The van der Waals surface area contributed by atoms with E-state index < -0.39 is 0 Å². The zero-order valence-corrected chi connectivity index (χ0v) is 10.8. The fourth-order valence-electron chi connectivity index (χ4n) is 1.48. The van der Waals surface area contributed by atoms with Gasteiger partial charge in [-0.2, -0.15) is 0 Å². The smallest absolute Gasteiger partial charge is 0.220 e. The molecule has 0 unspecified atom stereocenters. The lowest BCUT2D eigenvalue weighted by molar-refractivity contribution is -0.121. The second kappa shape index (κ2) is 8.09. The van der Waals surface area contributed by atoms with E-state index in [0.717, 1.165) is 18.4 Å². The zero-order valence-electron chi connectivity index (χ0n) is 10.0. The van der Waals surface area contributed by atoms with Gasteiger partial charge in [0.15, 0.2) is 0 Å². The molecule has 0 bridgehead atoms. The van der Waals surface area contributed by atoms with E-state index in [1.54, 1.807) is 7.11 Å². The highest BCUT2D eigenvalue weighted by atomic mass is 35.5. The average molecular weight is 256 g/mol. The van der Waals surface area contributed by atoms with E-state index in [9.17, 15) is 4.79 Å². The first-order valence-corrected chi connectivity index (χ1v) is 6.10. The Balaban J connectivity index is 2.19. The maximum atomic E-state index is 11.5. The summed E-state index contributed by atoms with van der Waals surface area (Å²) in [4.78, 5) is 11.5. The molecule has 0 saturated carbocycles. The van der Waals surface area contributed by atoms with Crippen molar-refractivity contribution in [3.05, 3.63) is 34.9 Å². The van der Waals surface area contributed by atoms with Crippen LogP contribution in [0.15, 0.2) is 24.3 Å². The molecule has 0 atom stereocenters. The van der Waals surface area contributed by atoms with Crippen LogP contribution >= 0.6 is 11.6 Å². The molecule has 1 N–H and O–H groups in total. The Morgan fingerprint density at radius 3 is 3.00 bits per heavy atom. The maximum Gasteiger partial charge on any atom is 0.220 e. The number of hydrogen-bond donors (Lipinski definition) is 1. The number of amides is 1. The van der Waals surface area contributed by atoms with Crippen molar-refractivity contribution in [3.63, 3.8) is 0 Å². The van der Waals surface area contributed by atoms with Crippen molar-refractivity contribution in [3.8, 4) is 0 Å². The topological polar surface area (TPSA) is 38.3 Å². The van der Waals surface area contributed by atoms with Gasteiger partial charge in [-0.05, 0) is 30.5 Å². The molecule has 1 rings (SSSR count). The van der Waals surface area contributed by atoms with Crippen LogP contribution in [0.4, 0.5) is 0 Å². The first-order chi connectivity index (χ1) is 8.22. The van der Waals surface area contributed by atoms with Gasteiger partial charge in [-0.3, -0.25) is 4.79 Å². The molecule has 1 aromatic carbocycles. The molecule has 0 aliphatic carbocycles. The summed E-state index contributed by atoms with van der Waals surface area (Å²) in [6.45, 7) is 1.34. The van der Waals surface area contributed by atoms with Crippen molar-refractivity contribution in [1.29, 1.82) is 0 Å². The third-order valence-electron chi connectivity index (χ3n) is 2.38. The quantitative estimate of drug-likeness (QED) is 0.760. The monoisotopic (exact) mass is 255 g/mol. The second-order valence-electron chi connectivity index (χ2n) is 3.83. The van der Waals surface area contributed by atoms with Crippen molar-refractivity contribution < 1.29 is 9.53 Å². The molecule has 0 aliphatic rings. The molecule has 0 fully saturated rings. The third-order valence-corrected chi connectivity index (χ3v) is 2.61. The number of ether oxygens (including phenoxy) is 1. The molecule has 1 aromatic rings. The Hall–Kier alpha value is -1.06. The summed E-state index contributed by atoms with van der Waals surface area (Å²) in [5.74, 6) is 0.0704. The van der Waals surface area contributed by atoms with Crippen LogP contribution in [0.3, 0.4) is 0 Å². The van der Waals surface area contributed by atoms with Crippen LogP contribution in [0.1, 0.15) is 18.4 Å². The molecular weight excluding hydrogens is 238 g/mol. The number of hydrogen-bond acceptors (Lipinski definition) is 2. The summed E-state index contributed by atoms with van der Waals surface area (Å²) in [5, 5.41) is 3.56. The molecule has 0 saturated heterocycles. The minimum Gasteiger partial charge on any atom is -0.385 e. The van der Waals surface area contributed by atoms with E-state index in [4.69, 9.17) is 16.3 Å². The third kappa shape index (κ3) is 6.29. The van der Waals surface area contributed by atoms with E-state index in [0.29, 0.717) is 24.6 Å². The normalized spacial score (nSPS) is 10.2. The molecule has 3 nitrogen and oxygen atoms in total. The van der Waals surface area contributed by atoms with Crippen LogP contribution in [0, 0.1) is 0 Å². The molecule has 17 heavy (non-hydrogen) atoms. The van der Waals surface area contributed by atoms with E-state index in [1.807, 2.05) is 24.3 Å². The summed E-state index contributed by atoms with van der Waals surface area (Å²) >= 11 is 5.86. The summed E-state index contributed by atoms with van der Waals surface area (Å²) in [6, 6.07) is 7.59. The molecular formula is C13H18ClNO2. The van der Waals surface area contributed by atoms with Gasteiger partial charge in [-0.1, -0.05) is 23.7 Å². The lowest BCUT2D eigenvalue weighted by atomic mass is 10.1. The maximum absolute atomic E-state index is 11.5. The molecule has 0 spiro atoms. The Labute approximate surface area is 107 Å².